The third-order valence-electron chi connectivity index (χ3n) is 4.67. The molecular formula is C17H25N5OS. The number of urea groups is 1. The first-order chi connectivity index (χ1) is 11.6. The highest BCUT2D eigenvalue weighted by atomic mass is 32.1. The molecule has 3 atom stereocenters. The van der Waals surface area contributed by atoms with Crippen molar-refractivity contribution in [3.63, 3.8) is 0 Å². The van der Waals surface area contributed by atoms with E-state index >= 15 is 0 Å². The zero-order valence-corrected chi connectivity index (χ0v) is 15.1. The average molecular weight is 347 g/mol. The molecule has 0 bridgehead atoms. The Balaban J connectivity index is 1.58. The molecule has 0 aromatic carbocycles. The van der Waals surface area contributed by atoms with Crippen LogP contribution < -0.4 is 5.32 Å². The van der Waals surface area contributed by atoms with Gasteiger partial charge in [-0.25, -0.2) is 9.78 Å². The minimum atomic E-state index is -0.0116. The van der Waals surface area contributed by atoms with E-state index in [-0.39, 0.29) is 24.0 Å². The standard InChI is InChI=1S/C17H25N5OS/c1-13(16-18-9-11-24-16)12-21(2)17(23)20-14-6-3-4-7-15(14)22-10-5-8-19-22/h5,8-11,13-15H,3-4,6-7,12H2,1-2H3,(H,20,23)/t13-,14-,15-/m1/s1. The van der Waals surface area contributed by atoms with Crippen molar-refractivity contribution >= 4 is 17.4 Å². The van der Waals surface area contributed by atoms with Crippen LogP contribution in [0.15, 0.2) is 30.0 Å². The van der Waals surface area contributed by atoms with Crippen LogP contribution in [0.25, 0.3) is 0 Å². The van der Waals surface area contributed by atoms with Gasteiger partial charge < -0.3 is 10.2 Å². The number of rotatable bonds is 5. The summed E-state index contributed by atoms with van der Waals surface area (Å²) in [5.41, 5.74) is 0. The number of likely N-dealkylation sites (N-methyl/N-ethyl adjacent to an activating group) is 1. The lowest BCUT2D eigenvalue weighted by molar-refractivity contribution is 0.185. The zero-order valence-electron chi connectivity index (χ0n) is 14.3. The number of nitrogens with zero attached hydrogens (tertiary/aromatic N) is 4. The molecule has 24 heavy (non-hydrogen) atoms. The van der Waals surface area contributed by atoms with Gasteiger partial charge in [0.15, 0.2) is 0 Å². The van der Waals surface area contributed by atoms with E-state index in [9.17, 15) is 4.79 Å². The van der Waals surface area contributed by atoms with E-state index < -0.39 is 0 Å². The molecular weight excluding hydrogens is 322 g/mol. The second kappa shape index (κ2) is 7.79. The van der Waals surface area contributed by atoms with Crippen molar-refractivity contribution in [1.82, 2.24) is 25.0 Å². The molecule has 2 aromatic rings. The molecule has 0 unspecified atom stereocenters. The van der Waals surface area contributed by atoms with Gasteiger partial charge in [-0.15, -0.1) is 11.3 Å². The van der Waals surface area contributed by atoms with E-state index in [0.29, 0.717) is 6.54 Å². The number of thiazole rings is 1. The molecule has 2 aromatic heterocycles. The number of carbonyl (C=O) groups excluding carboxylic acids is 1. The van der Waals surface area contributed by atoms with E-state index in [4.69, 9.17) is 0 Å². The molecule has 1 aliphatic carbocycles. The number of nitrogens with one attached hydrogen (secondary N) is 1. The molecule has 7 heteroatoms. The Morgan fingerprint density at radius 3 is 3.00 bits per heavy atom. The normalized spacial score (nSPS) is 22.1. The number of hydrogen-bond donors (Lipinski definition) is 1. The van der Waals surface area contributed by atoms with Gasteiger partial charge in [0, 0.05) is 43.5 Å². The second-order valence-electron chi connectivity index (χ2n) is 6.55. The van der Waals surface area contributed by atoms with Crippen LogP contribution in [0.5, 0.6) is 0 Å². The first kappa shape index (κ1) is 17.0. The quantitative estimate of drug-likeness (QED) is 0.903. The molecule has 1 aliphatic rings. The molecule has 2 amide bonds. The van der Waals surface area contributed by atoms with Crippen LogP contribution >= 0.6 is 11.3 Å². The number of amides is 2. The van der Waals surface area contributed by atoms with Crippen LogP contribution in [-0.2, 0) is 0 Å². The van der Waals surface area contributed by atoms with E-state index in [1.54, 1.807) is 22.4 Å². The molecule has 1 N–H and O–H groups in total. The van der Waals surface area contributed by atoms with Gasteiger partial charge in [-0.3, -0.25) is 4.68 Å². The van der Waals surface area contributed by atoms with Gasteiger partial charge in [-0.1, -0.05) is 19.8 Å². The number of carbonyl (C=O) groups is 1. The van der Waals surface area contributed by atoms with Crippen LogP contribution in [0.3, 0.4) is 0 Å². The third kappa shape index (κ3) is 3.95. The monoisotopic (exact) mass is 347 g/mol. The summed E-state index contributed by atoms with van der Waals surface area (Å²) < 4.78 is 1.99. The largest absolute Gasteiger partial charge is 0.333 e. The van der Waals surface area contributed by atoms with Gasteiger partial charge in [0.05, 0.1) is 17.1 Å². The minimum absolute atomic E-state index is 0.0116. The molecule has 2 heterocycles. The van der Waals surface area contributed by atoms with E-state index in [1.807, 2.05) is 35.6 Å². The van der Waals surface area contributed by atoms with Crippen molar-refractivity contribution in [2.45, 2.75) is 50.6 Å². The predicted molar refractivity (Wildman–Crippen MR) is 95.2 cm³/mol. The summed E-state index contributed by atoms with van der Waals surface area (Å²) in [5.74, 6) is 0.244. The van der Waals surface area contributed by atoms with Gasteiger partial charge >= 0.3 is 6.03 Å². The highest BCUT2D eigenvalue weighted by Gasteiger charge is 2.29. The molecule has 0 saturated heterocycles. The smallest absolute Gasteiger partial charge is 0.317 e. The van der Waals surface area contributed by atoms with Crippen LogP contribution in [0.4, 0.5) is 4.79 Å². The van der Waals surface area contributed by atoms with E-state index in [1.165, 1.54) is 6.42 Å². The highest BCUT2D eigenvalue weighted by molar-refractivity contribution is 7.09. The lowest BCUT2D eigenvalue weighted by atomic mass is 9.90. The molecule has 130 valence electrons. The Morgan fingerprint density at radius 2 is 2.29 bits per heavy atom. The summed E-state index contributed by atoms with van der Waals surface area (Å²) in [7, 11) is 1.85. The SMILES string of the molecule is C[C@H](CN(C)C(=O)N[C@@H]1CCCC[C@H]1n1cccn1)c1nccs1. The zero-order chi connectivity index (χ0) is 16.9. The van der Waals surface area contributed by atoms with Crippen LogP contribution in [0.2, 0.25) is 0 Å². The summed E-state index contributed by atoms with van der Waals surface area (Å²) in [6.45, 7) is 2.77. The van der Waals surface area contributed by atoms with Crippen LogP contribution in [-0.4, -0.2) is 45.3 Å². The maximum Gasteiger partial charge on any atom is 0.317 e. The molecule has 1 saturated carbocycles. The minimum Gasteiger partial charge on any atom is -0.333 e. The predicted octanol–water partition coefficient (Wildman–Crippen LogP) is 3.27. The summed E-state index contributed by atoms with van der Waals surface area (Å²) in [6.07, 6.45) is 10.0. The fourth-order valence-electron chi connectivity index (χ4n) is 3.39. The first-order valence-electron chi connectivity index (χ1n) is 8.55. The summed E-state index contributed by atoms with van der Waals surface area (Å²) in [5, 5.41) is 10.6. The van der Waals surface area contributed by atoms with Crippen LogP contribution in [0, 0.1) is 0 Å². The van der Waals surface area contributed by atoms with Gasteiger partial charge in [-0.05, 0) is 18.9 Å². The van der Waals surface area contributed by atoms with Crippen molar-refractivity contribution in [3.8, 4) is 0 Å². The van der Waals surface area contributed by atoms with Crippen molar-refractivity contribution in [2.24, 2.45) is 0 Å². The maximum absolute atomic E-state index is 12.6. The Morgan fingerprint density at radius 1 is 1.46 bits per heavy atom. The van der Waals surface area contributed by atoms with Gasteiger partial charge in [0.25, 0.3) is 0 Å². The number of hydrogen-bond acceptors (Lipinski definition) is 4. The lowest BCUT2D eigenvalue weighted by Crippen LogP contribution is -2.48. The van der Waals surface area contributed by atoms with Crippen molar-refractivity contribution in [3.05, 3.63) is 35.0 Å². The van der Waals surface area contributed by atoms with Gasteiger partial charge in [0.2, 0.25) is 0 Å². The average Bonchev–Trinajstić information content (AvgIpc) is 3.29. The first-order valence-corrected chi connectivity index (χ1v) is 9.43. The Labute approximate surface area is 146 Å². The molecule has 1 fully saturated rings. The van der Waals surface area contributed by atoms with E-state index in [0.717, 1.165) is 24.3 Å². The summed E-state index contributed by atoms with van der Waals surface area (Å²) in [4.78, 5) is 18.7. The van der Waals surface area contributed by atoms with E-state index in [2.05, 4.69) is 22.3 Å². The Hall–Kier alpha value is -1.89. The summed E-state index contributed by atoms with van der Waals surface area (Å²) in [6, 6.07) is 2.32. The molecule has 6 nitrogen and oxygen atoms in total. The lowest BCUT2D eigenvalue weighted by Gasteiger charge is -2.34. The number of aromatic nitrogens is 3. The third-order valence-corrected chi connectivity index (χ3v) is 5.68. The molecule has 0 radical (unpaired) electrons. The van der Waals surface area contributed by atoms with Gasteiger partial charge in [-0.2, -0.15) is 5.10 Å². The summed E-state index contributed by atoms with van der Waals surface area (Å²) >= 11 is 1.64. The van der Waals surface area contributed by atoms with Crippen molar-refractivity contribution in [2.75, 3.05) is 13.6 Å². The topological polar surface area (TPSA) is 63.1 Å². The van der Waals surface area contributed by atoms with Crippen molar-refractivity contribution < 1.29 is 4.79 Å². The fourth-order valence-corrected chi connectivity index (χ4v) is 4.08. The second-order valence-corrected chi connectivity index (χ2v) is 7.47. The maximum atomic E-state index is 12.6. The fraction of sp³-hybridized carbons (Fsp3) is 0.588. The molecule has 3 rings (SSSR count). The Kier molecular flexibility index (Phi) is 5.50. The van der Waals surface area contributed by atoms with Crippen LogP contribution in [0.1, 0.15) is 49.6 Å². The van der Waals surface area contributed by atoms with Crippen molar-refractivity contribution in [1.29, 1.82) is 0 Å². The highest BCUT2D eigenvalue weighted by Crippen LogP contribution is 2.28. The Bertz CT molecular complexity index is 627. The molecule has 0 aliphatic heterocycles. The van der Waals surface area contributed by atoms with Gasteiger partial charge in [0.1, 0.15) is 0 Å². The molecule has 0 spiro atoms.